The Morgan fingerprint density at radius 1 is 1.08 bits per heavy atom. The van der Waals surface area contributed by atoms with Crippen molar-refractivity contribution in [3.63, 3.8) is 0 Å². The van der Waals surface area contributed by atoms with Crippen molar-refractivity contribution >= 4 is 11.5 Å². The van der Waals surface area contributed by atoms with E-state index in [1.165, 1.54) is 12.8 Å². The highest BCUT2D eigenvalue weighted by atomic mass is 16.5. The average Bonchev–Trinajstić information content (AvgIpc) is 3.40. The molecule has 0 bridgehead atoms. The second kappa shape index (κ2) is 5.74. The summed E-state index contributed by atoms with van der Waals surface area (Å²) in [4.78, 5) is 12.0. The second-order valence-electron chi connectivity index (χ2n) is 6.77. The standard InChI is InChI=1S/C19H20N4O2/c24-15-3-1-2-14(10-15)17-12-23-11-16(13-4-5-13)20-19(23)18(21-17)22-6-8-25-9-7-22/h1-3,10-13,24H,4-9H2. The SMILES string of the molecule is Oc1cccc(-c2cn3cc(C4CC4)nc3c(N3CCOCC3)n2)c1. The highest BCUT2D eigenvalue weighted by molar-refractivity contribution is 5.71. The fraction of sp³-hybridized carbons (Fsp3) is 0.368. The summed E-state index contributed by atoms with van der Waals surface area (Å²) in [5.74, 6) is 1.74. The zero-order valence-electron chi connectivity index (χ0n) is 13.9. The Bertz CT molecular complexity index is 926. The molecule has 6 nitrogen and oxygen atoms in total. The maximum Gasteiger partial charge on any atom is 0.180 e. The topological polar surface area (TPSA) is 62.9 Å². The van der Waals surface area contributed by atoms with E-state index in [1.54, 1.807) is 12.1 Å². The molecule has 1 aliphatic heterocycles. The number of phenolic OH excluding ortho intramolecular Hbond substituents is 1. The van der Waals surface area contributed by atoms with E-state index in [-0.39, 0.29) is 5.75 Å². The van der Waals surface area contributed by atoms with Gasteiger partial charge in [0.1, 0.15) is 5.75 Å². The highest BCUT2D eigenvalue weighted by Gasteiger charge is 2.28. The molecule has 3 aromatic rings. The van der Waals surface area contributed by atoms with Crippen molar-refractivity contribution in [2.45, 2.75) is 18.8 Å². The van der Waals surface area contributed by atoms with Crippen LogP contribution in [0.4, 0.5) is 5.82 Å². The molecule has 2 aliphatic rings. The predicted molar refractivity (Wildman–Crippen MR) is 95.1 cm³/mol. The van der Waals surface area contributed by atoms with Gasteiger partial charge < -0.3 is 19.1 Å². The van der Waals surface area contributed by atoms with Gasteiger partial charge in [-0.1, -0.05) is 12.1 Å². The number of benzene rings is 1. The second-order valence-corrected chi connectivity index (χ2v) is 6.77. The maximum atomic E-state index is 9.82. The quantitative estimate of drug-likeness (QED) is 0.797. The van der Waals surface area contributed by atoms with Crippen molar-refractivity contribution in [3.8, 4) is 17.0 Å². The van der Waals surface area contributed by atoms with Crippen molar-refractivity contribution in [3.05, 3.63) is 42.4 Å². The Morgan fingerprint density at radius 2 is 1.92 bits per heavy atom. The van der Waals surface area contributed by atoms with Gasteiger partial charge in [-0.25, -0.2) is 9.97 Å². The molecule has 0 radical (unpaired) electrons. The lowest BCUT2D eigenvalue weighted by Gasteiger charge is -2.28. The molecule has 0 amide bonds. The van der Waals surface area contributed by atoms with Crippen molar-refractivity contribution in [1.29, 1.82) is 0 Å². The van der Waals surface area contributed by atoms with Crippen LogP contribution in [0.2, 0.25) is 0 Å². The normalized spacial score (nSPS) is 18.0. The third-order valence-electron chi connectivity index (χ3n) is 4.89. The Hall–Kier alpha value is -2.60. The average molecular weight is 336 g/mol. The number of morpholine rings is 1. The number of fused-ring (bicyclic) bond motifs is 1. The summed E-state index contributed by atoms with van der Waals surface area (Å²) in [5, 5.41) is 9.82. The first-order valence-corrected chi connectivity index (χ1v) is 8.80. The van der Waals surface area contributed by atoms with E-state index >= 15 is 0 Å². The van der Waals surface area contributed by atoms with Gasteiger partial charge in [-0.2, -0.15) is 0 Å². The molecule has 2 aromatic heterocycles. The van der Waals surface area contributed by atoms with Crippen LogP contribution < -0.4 is 4.90 Å². The van der Waals surface area contributed by atoms with Gasteiger partial charge in [-0.3, -0.25) is 0 Å². The molecule has 6 heteroatoms. The monoisotopic (exact) mass is 336 g/mol. The lowest BCUT2D eigenvalue weighted by Crippen LogP contribution is -2.37. The minimum absolute atomic E-state index is 0.247. The number of phenols is 1. The lowest BCUT2D eigenvalue weighted by molar-refractivity contribution is 0.122. The molecule has 0 unspecified atom stereocenters. The number of nitrogens with zero attached hydrogens (tertiary/aromatic N) is 4. The summed E-state index contributed by atoms with van der Waals surface area (Å²) in [6.45, 7) is 3.05. The van der Waals surface area contributed by atoms with E-state index in [2.05, 4.69) is 15.5 Å². The van der Waals surface area contributed by atoms with Crippen LogP contribution in [0.25, 0.3) is 16.9 Å². The first-order valence-electron chi connectivity index (χ1n) is 8.80. The number of hydrogen-bond acceptors (Lipinski definition) is 5. The smallest absolute Gasteiger partial charge is 0.180 e. The van der Waals surface area contributed by atoms with Crippen LogP contribution in [0.5, 0.6) is 5.75 Å². The predicted octanol–water partition coefficient (Wildman–Crippen LogP) is 2.82. The fourth-order valence-electron chi connectivity index (χ4n) is 3.37. The number of ether oxygens (including phenoxy) is 1. The molecule has 128 valence electrons. The number of rotatable bonds is 3. The molecule has 1 N–H and O–H groups in total. The molecule has 0 spiro atoms. The van der Waals surface area contributed by atoms with E-state index in [0.717, 1.165) is 41.5 Å². The number of anilines is 1. The largest absolute Gasteiger partial charge is 0.508 e. The summed E-state index contributed by atoms with van der Waals surface area (Å²) in [7, 11) is 0. The molecule has 25 heavy (non-hydrogen) atoms. The zero-order valence-corrected chi connectivity index (χ0v) is 13.9. The van der Waals surface area contributed by atoms with Gasteiger partial charge in [0, 0.05) is 37.0 Å². The molecule has 1 aromatic carbocycles. The van der Waals surface area contributed by atoms with Gasteiger partial charge >= 0.3 is 0 Å². The van der Waals surface area contributed by atoms with Crippen LogP contribution in [0.1, 0.15) is 24.5 Å². The van der Waals surface area contributed by atoms with Crippen molar-refractivity contribution < 1.29 is 9.84 Å². The Labute approximate surface area is 145 Å². The molecule has 2 fully saturated rings. The van der Waals surface area contributed by atoms with Gasteiger partial charge in [0.15, 0.2) is 11.5 Å². The molecule has 1 saturated carbocycles. The maximum absolute atomic E-state index is 9.82. The molecule has 3 heterocycles. The van der Waals surface area contributed by atoms with Gasteiger partial charge in [-0.15, -0.1) is 0 Å². The van der Waals surface area contributed by atoms with Gasteiger partial charge in [-0.05, 0) is 25.0 Å². The summed E-state index contributed by atoms with van der Waals surface area (Å²) in [6.07, 6.45) is 6.59. The van der Waals surface area contributed by atoms with Gasteiger partial charge in [0.05, 0.1) is 24.6 Å². The summed E-state index contributed by atoms with van der Waals surface area (Å²) in [5.41, 5.74) is 3.81. The summed E-state index contributed by atoms with van der Waals surface area (Å²) < 4.78 is 7.58. The third kappa shape index (κ3) is 2.72. The fourth-order valence-corrected chi connectivity index (χ4v) is 3.37. The minimum Gasteiger partial charge on any atom is -0.508 e. The lowest BCUT2D eigenvalue weighted by atomic mass is 10.1. The van der Waals surface area contributed by atoms with Crippen LogP contribution in [0.3, 0.4) is 0 Å². The molecule has 1 aliphatic carbocycles. The van der Waals surface area contributed by atoms with Crippen LogP contribution in [-0.2, 0) is 4.74 Å². The number of aromatic hydroxyl groups is 1. The molecule has 1 saturated heterocycles. The van der Waals surface area contributed by atoms with Crippen LogP contribution in [0.15, 0.2) is 36.7 Å². The van der Waals surface area contributed by atoms with Crippen molar-refractivity contribution in [2.75, 3.05) is 31.2 Å². The zero-order chi connectivity index (χ0) is 16.8. The summed E-state index contributed by atoms with van der Waals surface area (Å²) in [6, 6.07) is 7.23. The summed E-state index contributed by atoms with van der Waals surface area (Å²) >= 11 is 0. The van der Waals surface area contributed by atoms with Crippen molar-refractivity contribution in [1.82, 2.24) is 14.4 Å². The Balaban J connectivity index is 1.67. The molecule has 0 atom stereocenters. The van der Waals surface area contributed by atoms with Crippen LogP contribution >= 0.6 is 0 Å². The molecule has 5 rings (SSSR count). The number of aromatic nitrogens is 3. The van der Waals surface area contributed by atoms with E-state index in [1.807, 2.05) is 18.3 Å². The van der Waals surface area contributed by atoms with Gasteiger partial charge in [0.2, 0.25) is 0 Å². The van der Waals surface area contributed by atoms with Crippen molar-refractivity contribution in [2.24, 2.45) is 0 Å². The Morgan fingerprint density at radius 3 is 2.68 bits per heavy atom. The molecular weight excluding hydrogens is 316 g/mol. The van der Waals surface area contributed by atoms with Crippen LogP contribution in [0, 0.1) is 0 Å². The highest BCUT2D eigenvalue weighted by Crippen LogP contribution is 2.40. The van der Waals surface area contributed by atoms with E-state index < -0.39 is 0 Å². The Kier molecular flexibility index (Phi) is 3.38. The van der Waals surface area contributed by atoms with E-state index in [4.69, 9.17) is 14.7 Å². The molecular formula is C19H20N4O2. The number of hydrogen-bond donors (Lipinski definition) is 1. The third-order valence-corrected chi connectivity index (χ3v) is 4.89. The van der Waals surface area contributed by atoms with Gasteiger partial charge in [0.25, 0.3) is 0 Å². The van der Waals surface area contributed by atoms with E-state index in [0.29, 0.717) is 19.1 Å². The first kappa shape index (κ1) is 14.7. The number of imidazole rings is 1. The minimum atomic E-state index is 0.247. The van der Waals surface area contributed by atoms with Crippen LogP contribution in [-0.4, -0.2) is 45.8 Å². The van der Waals surface area contributed by atoms with E-state index in [9.17, 15) is 5.11 Å². The first-order chi connectivity index (χ1) is 12.3.